The molecule has 0 aliphatic carbocycles. The molecule has 19 nitrogen and oxygen atoms in total. The van der Waals surface area contributed by atoms with E-state index in [0.29, 0.717) is 30.8 Å². The number of rotatable bonds is 32. The smallest absolute Gasteiger partial charge is 0.407 e. The van der Waals surface area contributed by atoms with Gasteiger partial charge in [-0.1, -0.05) is 121 Å². The van der Waals surface area contributed by atoms with Gasteiger partial charge in [0.25, 0.3) is 5.91 Å². The molecule has 0 saturated carbocycles. The number of amides is 4. The molecule has 0 radical (unpaired) electrons. The van der Waals surface area contributed by atoms with Gasteiger partial charge >= 0.3 is 24.0 Å². The van der Waals surface area contributed by atoms with Gasteiger partial charge in [-0.15, -0.1) is 0 Å². The fraction of sp³-hybridized carbons (Fsp3) is 0.780. The number of nitrogens with one attached hydrogen (secondary N) is 2. The van der Waals surface area contributed by atoms with Crippen molar-refractivity contribution < 1.29 is 66.4 Å². The van der Waals surface area contributed by atoms with Crippen LogP contribution in [-0.4, -0.2) is 156 Å². The summed E-state index contributed by atoms with van der Waals surface area (Å²) in [6.07, 6.45) is -2.64. The van der Waals surface area contributed by atoms with Crippen LogP contribution < -0.4 is 21.1 Å². The van der Waals surface area contributed by atoms with E-state index in [1.165, 1.54) is 30.9 Å². The van der Waals surface area contributed by atoms with Crippen LogP contribution in [0.5, 0.6) is 5.75 Å². The molecule has 1 aromatic carbocycles. The average Bonchev–Trinajstić information content (AvgIpc) is 3.85. The van der Waals surface area contributed by atoms with E-state index < -0.39 is 118 Å². The zero-order valence-electron chi connectivity index (χ0n) is 52.7. The molecule has 4 amide bonds. The van der Waals surface area contributed by atoms with E-state index in [0.717, 1.165) is 6.04 Å². The molecule has 0 bridgehead atoms. The standard InChI is InChI=1S/C59H105N5O14Si2/c1-22-41(12)51(62-58(71)77-59(14,15)16)48(78-80(38(6)7,39(8)9)40(10)11)34-49(65)76-52(37(4)5)53(66)61-45(32-36(2)3)54(67)64-29-23-24-46(64)55(68)63(17)47(33-43-25-27-44(72-18)28-26-43)56(69)75-42(13)50(60)57(70)74-35-73-30-31-79(19,20)21/h25-28,36-42,45-48,50-52H,22-24,29-35,60H2,1-21H3,(H,61,66)(H,62,71)/t41-,42+,45-,46-,47-,48-,50-,51+,52-/m0/s1. The number of likely N-dealkylation sites (tertiary alicyclic amines) is 1. The summed E-state index contributed by atoms with van der Waals surface area (Å²) in [7, 11) is -1.07. The Morgan fingerprint density at radius 2 is 1.43 bits per heavy atom. The summed E-state index contributed by atoms with van der Waals surface area (Å²) >= 11 is 0. The summed E-state index contributed by atoms with van der Waals surface area (Å²) in [5.41, 5.74) is 6.54. The zero-order chi connectivity index (χ0) is 61.2. The van der Waals surface area contributed by atoms with Gasteiger partial charge in [0.1, 0.15) is 41.6 Å². The van der Waals surface area contributed by atoms with Crippen LogP contribution in [0.3, 0.4) is 0 Å². The largest absolute Gasteiger partial charge is 0.497 e. The molecule has 4 N–H and O–H groups in total. The summed E-state index contributed by atoms with van der Waals surface area (Å²) in [5.74, 6) is -4.28. The lowest BCUT2D eigenvalue weighted by Crippen LogP contribution is -2.58. The number of carbonyl (C=O) groups is 7. The predicted octanol–water partition coefficient (Wildman–Crippen LogP) is 9.16. The lowest BCUT2D eigenvalue weighted by atomic mass is 9.92. The number of hydrogen-bond donors (Lipinski definition) is 3. The predicted molar refractivity (Wildman–Crippen MR) is 316 cm³/mol. The van der Waals surface area contributed by atoms with Gasteiger partial charge in [-0.2, -0.15) is 0 Å². The Hall–Kier alpha value is -4.58. The van der Waals surface area contributed by atoms with Crippen molar-refractivity contribution >= 4 is 58.1 Å². The van der Waals surface area contributed by atoms with Gasteiger partial charge in [-0.25, -0.2) is 9.59 Å². The van der Waals surface area contributed by atoms with Crippen molar-refractivity contribution in [3.8, 4) is 5.75 Å². The first-order valence-corrected chi connectivity index (χ1v) is 34.9. The number of ether oxygens (including phenoxy) is 6. The van der Waals surface area contributed by atoms with E-state index in [9.17, 15) is 33.6 Å². The van der Waals surface area contributed by atoms with Crippen molar-refractivity contribution in [1.29, 1.82) is 0 Å². The number of hydrogen-bond acceptors (Lipinski definition) is 15. The molecule has 1 aliphatic heterocycles. The van der Waals surface area contributed by atoms with Crippen LogP contribution in [0.25, 0.3) is 0 Å². The van der Waals surface area contributed by atoms with E-state index in [2.05, 4.69) is 71.8 Å². The van der Waals surface area contributed by atoms with Crippen molar-refractivity contribution in [1.82, 2.24) is 20.4 Å². The molecule has 1 aromatic rings. The van der Waals surface area contributed by atoms with Crippen LogP contribution in [0, 0.1) is 17.8 Å². The van der Waals surface area contributed by atoms with Crippen LogP contribution in [0.4, 0.5) is 4.79 Å². The normalized spacial score (nSPS) is 17.3. The molecular formula is C59H105N5O14Si2. The first-order valence-electron chi connectivity index (χ1n) is 29.1. The molecule has 2 rings (SSSR count). The molecule has 1 aliphatic rings. The SMILES string of the molecule is CC[C@H](C)[C@@H](NC(=O)OC(C)(C)C)[C@H](CC(=O)O[C@H](C(=O)N[C@@H](CC(C)C)C(=O)N1CCC[C@H]1C(=O)N(C)[C@@H](Cc1ccc(OC)cc1)C(=O)O[C@H](C)[C@H](N)C(=O)OCOCC[Si](C)(C)C)C(C)C)O[Si](C(C)C)(C(C)C)C(C)C. The molecule has 0 spiro atoms. The summed E-state index contributed by atoms with van der Waals surface area (Å²) in [6.45, 7) is 37.9. The Morgan fingerprint density at radius 3 is 1.93 bits per heavy atom. The number of likely N-dealkylation sites (N-methyl/N-ethyl adjacent to an activating group) is 1. The summed E-state index contributed by atoms with van der Waals surface area (Å²) in [5, 5.41) is 5.97. The van der Waals surface area contributed by atoms with Crippen molar-refractivity contribution in [2.45, 2.75) is 246 Å². The first kappa shape index (κ1) is 71.5. The minimum absolute atomic E-state index is 0.00576. The van der Waals surface area contributed by atoms with Crippen molar-refractivity contribution in [2.24, 2.45) is 23.5 Å². The topological polar surface area (TPSA) is 241 Å². The average molecular weight is 1160 g/mol. The van der Waals surface area contributed by atoms with Crippen molar-refractivity contribution in [3.05, 3.63) is 29.8 Å². The molecule has 9 atom stereocenters. The van der Waals surface area contributed by atoms with Gasteiger partial charge in [0.2, 0.25) is 20.1 Å². The zero-order valence-corrected chi connectivity index (χ0v) is 54.7. The number of nitrogens with zero attached hydrogens (tertiary/aromatic N) is 2. The van der Waals surface area contributed by atoms with E-state index in [4.69, 9.17) is 38.6 Å². The van der Waals surface area contributed by atoms with Crippen LogP contribution in [0.1, 0.15) is 148 Å². The molecule has 21 heteroatoms. The highest BCUT2D eigenvalue weighted by Crippen LogP contribution is 2.44. The van der Waals surface area contributed by atoms with E-state index >= 15 is 0 Å². The fourth-order valence-corrected chi connectivity index (χ4v) is 16.7. The highest BCUT2D eigenvalue weighted by Gasteiger charge is 2.50. The number of nitrogens with two attached hydrogens (primary N) is 1. The number of esters is 3. The monoisotopic (exact) mass is 1160 g/mol. The Kier molecular flexibility index (Phi) is 28.9. The molecule has 80 heavy (non-hydrogen) atoms. The number of methoxy groups -OCH3 is 1. The van der Waals surface area contributed by atoms with E-state index in [-0.39, 0.29) is 67.5 Å². The maximum Gasteiger partial charge on any atom is 0.407 e. The van der Waals surface area contributed by atoms with Crippen molar-refractivity contribution in [2.75, 3.05) is 34.1 Å². The Balaban J connectivity index is 2.48. The second-order valence-electron chi connectivity index (χ2n) is 25.8. The molecule has 458 valence electrons. The Bertz CT molecular complexity index is 2120. The van der Waals surface area contributed by atoms with E-state index in [1.807, 2.05) is 27.7 Å². The number of carbonyl (C=O) groups excluding carboxylic acids is 7. The molecule has 0 unspecified atom stereocenters. The second kappa shape index (κ2) is 32.3. The molecule has 1 saturated heterocycles. The summed E-state index contributed by atoms with van der Waals surface area (Å²) in [6, 6.07) is 2.48. The quantitative estimate of drug-likeness (QED) is 0.0200. The molecular weight excluding hydrogens is 1060 g/mol. The van der Waals surface area contributed by atoms with Crippen LogP contribution in [-0.2, 0) is 63.3 Å². The number of alkyl carbamates (subject to hydrolysis) is 1. The fourth-order valence-electron chi connectivity index (χ4n) is 10.4. The van der Waals surface area contributed by atoms with Gasteiger partial charge in [0, 0.05) is 34.7 Å². The third-order valence-electron chi connectivity index (χ3n) is 15.1. The molecule has 0 aromatic heterocycles. The maximum absolute atomic E-state index is 14.9. The lowest BCUT2D eigenvalue weighted by molar-refractivity contribution is -0.167. The third-order valence-corrected chi connectivity index (χ3v) is 22.9. The third kappa shape index (κ3) is 22.0. The highest BCUT2D eigenvalue weighted by molar-refractivity contribution is 6.77. The molecule has 1 fully saturated rings. The van der Waals surface area contributed by atoms with E-state index in [1.54, 1.807) is 58.9 Å². The highest BCUT2D eigenvalue weighted by atomic mass is 28.4. The summed E-state index contributed by atoms with van der Waals surface area (Å²) in [4.78, 5) is 102. The molecule has 1 heterocycles. The Labute approximate surface area is 482 Å². The minimum Gasteiger partial charge on any atom is -0.497 e. The van der Waals surface area contributed by atoms with Crippen LogP contribution >= 0.6 is 0 Å². The Morgan fingerprint density at radius 1 is 0.838 bits per heavy atom. The van der Waals surface area contributed by atoms with Gasteiger partial charge < -0.3 is 59.0 Å². The van der Waals surface area contributed by atoms with Crippen molar-refractivity contribution in [3.63, 3.8) is 0 Å². The first-order chi connectivity index (χ1) is 37.0. The number of benzene rings is 1. The second-order valence-corrected chi connectivity index (χ2v) is 36.8. The van der Waals surface area contributed by atoms with Gasteiger partial charge in [-0.3, -0.25) is 24.0 Å². The summed E-state index contributed by atoms with van der Waals surface area (Å²) < 4.78 is 41.0. The minimum atomic E-state index is -2.70. The van der Waals surface area contributed by atoms with Crippen LogP contribution in [0.15, 0.2) is 24.3 Å². The van der Waals surface area contributed by atoms with Gasteiger partial charge in [0.05, 0.1) is 25.7 Å². The van der Waals surface area contributed by atoms with Gasteiger partial charge in [-0.05, 0) is 105 Å². The lowest BCUT2D eigenvalue weighted by Gasteiger charge is -2.46. The van der Waals surface area contributed by atoms with Crippen LogP contribution in [0.2, 0.25) is 42.3 Å². The maximum atomic E-state index is 14.9. The van der Waals surface area contributed by atoms with Gasteiger partial charge in [0.15, 0.2) is 12.9 Å².